The van der Waals surface area contributed by atoms with Gasteiger partial charge < -0.3 is 9.47 Å². The molecule has 5 nitrogen and oxygen atoms in total. The number of rotatable bonds is 3. The van der Waals surface area contributed by atoms with Gasteiger partial charge >= 0.3 is 0 Å². The first-order chi connectivity index (χ1) is 13.6. The molecule has 0 radical (unpaired) electrons. The molecule has 28 heavy (non-hydrogen) atoms. The average Bonchev–Trinajstić information content (AvgIpc) is 2.73. The van der Waals surface area contributed by atoms with Gasteiger partial charge in [0.1, 0.15) is 11.5 Å². The van der Waals surface area contributed by atoms with Gasteiger partial charge in [0.05, 0.1) is 25.6 Å². The molecule has 5 heteroatoms. The van der Waals surface area contributed by atoms with Gasteiger partial charge in [-0.15, -0.1) is 0 Å². The van der Waals surface area contributed by atoms with Gasteiger partial charge in [0.2, 0.25) is 5.91 Å². The molecule has 0 aromatic heterocycles. The van der Waals surface area contributed by atoms with Crippen molar-refractivity contribution in [2.24, 2.45) is 5.10 Å². The van der Waals surface area contributed by atoms with E-state index in [-0.39, 0.29) is 11.8 Å². The molecule has 5 rings (SSSR count). The first-order valence-electron chi connectivity index (χ1n) is 9.28. The lowest BCUT2D eigenvalue weighted by atomic mass is 9.81. The lowest BCUT2D eigenvalue weighted by molar-refractivity contribution is -0.119. The van der Waals surface area contributed by atoms with Crippen LogP contribution in [-0.4, -0.2) is 25.8 Å². The van der Waals surface area contributed by atoms with Crippen molar-refractivity contribution < 1.29 is 14.3 Å². The Hall–Kier alpha value is -3.34. The predicted molar refractivity (Wildman–Crippen MR) is 110 cm³/mol. The van der Waals surface area contributed by atoms with E-state index >= 15 is 0 Å². The number of ether oxygens (including phenoxy) is 2. The Morgan fingerprint density at radius 2 is 1.79 bits per heavy atom. The van der Waals surface area contributed by atoms with Gasteiger partial charge in [-0.25, -0.2) is 0 Å². The summed E-state index contributed by atoms with van der Waals surface area (Å²) in [6.45, 7) is 1.94. The van der Waals surface area contributed by atoms with Crippen LogP contribution in [0.1, 0.15) is 36.0 Å². The molecule has 0 saturated carbocycles. The van der Waals surface area contributed by atoms with Gasteiger partial charge in [0, 0.05) is 28.7 Å². The largest absolute Gasteiger partial charge is 0.497 e. The highest BCUT2D eigenvalue weighted by atomic mass is 16.5. The molecule has 0 bridgehead atoms. The molecule has 0 saturated heterocycles. The summed E-state index contributed by atoms with van der Waals surface area (Å²) in [5.41, 5.74) is 4.98. The third kappa shape index (κ3) is 2.26. The van der Waals surface area contributed by atoms with Crippen LogP contribution in [-0.2, 0) is 4.79 Å². The highest BCUT2D eigenvalue weighted by Crippen LogP contribution is 2.48. The maximum atomic E-state index is 13.0. The number of anilines is 1. The molecular formula is C23H20N2O3. The Kier molecular flexibility index (Phi) is 3.66. The second-order valence-electron chi connectivity index (χ2n) is 7.16. The van der Waals surface area contributed by atoms with Crippen molar-refractivity contribution in [1.82, 2.24) is 0 Å². The number of methoxy groups -OCH3 is 2. The maximum Gasteiger partial charge on any atom is 0.248 e. The molecule has 0 spiro atoms. The SMILES string of the molecule is COc1ccc(C2CC(=O)N3N=C(C)c4ccc(OC)c5ccc2c3c45)cc1. The highest BCUT2D eigenvalue weighted by molar-refractivity contribution is 6.22. The summed E-state index contributed by atoms with van der Waals surface area (Å²) in [5.74, 6) is 1.60. The van der Waals surface area contributed by atoms with Gasteiger partial charge in [-0.05, 0) is 42.3 Å². The van der Waals surface area contributed by atoms with Crippen LogP contribution in [0.4, 0.5) is 5.69 Å². The van der Waals surface area contributed by atoms with Gasteiger partial charge in [0.15, 0.2) is 0 Å². The van der Waals surface area contributed by atoms with E-state index < -0.39 is 0 Å². The first kappa shape index (κ1) is 16.8. The molecule has 2 heterocycles. The number of hydrogen-bond acceptors (Lipinski definition) is 4. The molecule has 140 valence electrons. The van der Waals surface area contributed by atoms with E-state index in [1.807, 2.05) is 43.3 Å². The fourth-order valence-corrected chi connectivity index (χ4v) is 4.35. The summed E-state index contributed by atoms with van der Waals surface area (Å²) in [4.78, 5) is 13.0. The molecule has 3 aromatic carbocycles. The lowest BCUT2D eigenvalue weighted by Gasteiger charge is -2.35. The van der Waals surface area contributed by atoms with Crippen molar-refractivity contribution in [2.75, 3.05) is 19.2 Å². The van der Waals surface area contributed by atoms with E-state index in [2.05, 4.69) is 17.2 Å². The van der Waals surface area contributed by atoms with Crippen LogP contribution < -0.4 is 14.5 Å². The second kappa shape index (κ2) is 6.09. The van der Waals surface area contributed by atoms with Crippen LogP contribution in [0, 0.1) is 0 Å². The second-order valence-corrected chi connectivity index (χ2v) is 7.16. The van der Waals surface area contributed by atoms with Crippen LogP contribution in [0.5, 0.6) is 11.5 Å². The minimum Gasteiger partial charge on any atom is -0.497 e. The third-order valence-electron chi connectivity index (χ3n) is 5.73. The Bertz CT molecular complexity index is 1150. The van der Waals surface area contributed by atoms with E-state index in [4.69, 9.17) is 9.47 Å². The van der Waals surface area contributed by atoms with E-state index in [1.54, 1.807) is 19.2 Å². The monoisotopic (exact) mass is 372 g/mol. The normalized spacial score (nSPS) is 17.5. The Balaban J connectivity index is 1.79. The summed E-state index contributed by atoms with van der Waals surface area (Å²) in [6, 6.07) is 16.1. The van der Waals surface area contributed by atoms with E-state index in [9.17, 15) is 4.79 Å². The zero-order valence-corrected chi connectivity index (χ0v) is 16.0. The molecule has 1 amide bonds. The molecule has 1 unspecified atom stereocenters. The quantitative estimate of drug-likeness (QED) is 0.682. The minimum absolute atomic E-state index is 0.00800. The zero-order chi connectivity index (χ0) is 19.4. The lowest BCUT2D eigenvalue weighted by Crippen LogP contribution is -2.35. The predicted octanol–water partition coefficient (Wildman–Crippen LogP) is 4.46. The molecule has 0 fully saturated rings. The summed E-state index contributed by atoms with van der Waals surface area (Å²) in [7, 11) is 3.32. The van der Waals surface area contributed by atoms with Gasteiger partial charge in [-0.2, -0.15) is 10.1 Å². The van der Waals surface area contributed by atoms with Crippen molar-refractivity contribution >= 4 is 28.1 Å². The number of nitrogens with zero attached hydrogens (tertiary/aromatic N) is 2. The van der Waals surface area contributed by atoms with Gasteiger partial charge in [0.25, 0.3) is 0 Å². The maximum absolute atomic E-state index is 13.0. The third-order valence-corrected chi connectivity index (χ3v) is 5.73. The van der Waals surface area contributed by atoms with Crippen LogP contribution in [0.15, 0.2) is 53.6 Å². The van der Waals surface area contributed by atoms with Crippen molar-refractivity contribution in [2.45, 2.75) is 19.3 Å². The molecule has 3 aromatic rings. The molecule has 2 aliphatic heterocycles. The van der Waals surface area contributed by atoms with Gasteiger partial charge in [-0.3, -0.25) is 4.79 Å². The van der Waals surface area contributed by atoms with E-state index in [0.717, 1.165) is 50.4 Å². The summed E-state index contributed by atoms with van der Waals surface area (Å²) in [6.07, 6.45) is 0.390. The standard InChI is InChI=1S/C23H20N2O3/c1-13-16-10-11-20(28-3)18-9-8-17-19(14-4-6-15(27-2)7-5-14)12-21(26)25(24-13)23(17)22(16)18/h4-11,19H,12H2,1-3H3. The topological polar surface area (TPSA) is 51.1 Å². The Labute approximate surface area is 163 Å². The van der Waals surface area contributed by atoms with Crippen molar-refractivity contribution in [3.05, 3.63) is 65.2 Å². The number of benzene rings is 3. The number of hydrazone groups is 1. The van der Waals surface area contributed by atoms with Crippen LogP contribution >= 0.6 is 0 Å². The fourth-order valence-electron chi connectivity index (χ4n) is 4.35. The van der Waals surface area contributed by atoms with Crippen molar-refractivity contribution in [3.8, 4) is 11.5 Å². The van der Waals surface area contributed by atoms with E-state index in [1.165, 1.54) is 0 Å². The van der Waals surface area contributed by atoms with Crippen LogP contribution in [0.2, 0.25) is 0 Å². The summed E-state index contributed by atoms with van der Waals surface area (Å²) >= 11 is 0. The molecular weight excluding hydrogens is 352 g/mol. The van der Waals surface area contributed by atoms with Gasteiger partial charge in [-0.1, -0.05) is 24.3 Å². The summed E-state index contributed by atoms with van der Waals surface area (Å²) in [5, 5.41) is 8.23. The molecule has 0 N–H and O–H groups in total. The average molecular weight is 372 g/mol. The Morgan fingerprint density at radius 1 is 1.00 bits per heavy atom. The number of hydrogen-bond donors (Lipinski definition) is 0. The summed E-state index contributed by atoms with van der Waals surface area (Å²) < 4.78 is 10.9. The number of carbonyl (C=O) groups excluding carboxylic acids is 1. The highest BCUT2D eigenvalue weighted by Gasteiger charge is 2.37. The zero-order valence-electron chi connectivity index (χ0n) is 16.0. The fraction of sp³-hybridized carbons (Fsp3) is 0.217. The van der Waals surface area contributed by atoms with Crippen LogP contribution in [0.25, 0.3) is 10.8 Å². The number of carbonyl (C=O) groups is 1. The van der Waals surface area contributed by atoms with Crippen molar-refractivity contribution in [3.63, 3.8) is 0 Å². The smallest absolute Gasteiger partial charge is 0.248 e. The minimum atomic E-state index is -0.0123. The number of amides is 1. The molecule has 2 aliphatic rings. The molecule has 1 atom stereocenters. The Morgan fingerprint density at radius 3 is 2.50 bits per heavy atom. The van der Waals surface area contributed by atoms with Crippen LogP contribution in [0.3, 0.4) is 0 Å². The first-order valence-corrected chi connectivity index (χ1v) is 9.28. The van der Waals surface area contributed by atoms with E-state index in [0.29, 0.717) is 6.42 Å². The molecule has 0 aliphatic carbocycles. The van der Waals surface area contributed by atoms with Crippen molar-refractivity contribution in [1.29, 1.82) is 0 Å².